The van der Waals surface area contributed by atoms with Gasteiger partial charge in [-0.15, -0.1) is 0 Å². The molecule has 1 aromatic carbocycles. The van der Waals surface area contributed by atoms with Crippen molar-refractivity contribution in [2.24, 2.45) is 5.92 Å². The predicted molar refractivity (Wildman–Crippen MR) is 128 cm³/mol. The minimum Gasteiger partial charge on any atom is -0.396 e. The number of carbonyl (C=O) groups excluding carboxylic acids is 2. The zero-order valence-electron chi connectivity index (χ0n) is 19.3. The van der Waals surface area contributed by atoms with Gasteiger partial charge in [0.05, 0.1) is 11.3 Å². The molecule has 2 heterocycles. The quantitative estimate of drug-likeness (QED) is 0.386. The number of nitrogens with one attached hydrogen (secondary N) is 1. The molecule has 1 saturated carbocycles. The van der Waals surface area contributed by atoms with E-state index in [-0.39, 0.29) is 24.8 Å². The van der Waals surface area contributed by atoms with Crippen molar-refractivity contribution in [3.05, 3.63) is 46.2 Å². The number of aliphatic hydroxyl groups is 1. The summed E-state index contributed by atoms with van der Waals surface area (Å²) in [5.74, 6) is 0.402. The molecule has 2 N–H and O–H groups in total. The summed E-state index contributed by atoms with van der Waals surface area (Å²) >= 11 is 0. The molecule has 5 heteroatoms. The SMILES string of the molecule is Cc1cc2c(cc1CCCC1CC1)N(CCCCCCCO)C1=CCC(=O)NC(=O)C1=C2. The van der Waals surface area contributed by atoms with Crippen molar-refractivity contribution in [3.63, 3.8) is 0 Å². The van der Waals surface area contributed by atoms with Crippen LogP contribution in [-0.4, -0.2) is 30.1 Å². The molecule has 0 saturated heterocycles. The Bertz CT molecular complexity index is 927. The fourth-order valence-electron chi connectivity index (χ4n) is 4.86. The number of hydrogen-bond donors (Lipinski definition) is 2. The van der Waals surface area contributed by atoms with Crippen molar-refractivity contribution in [1.82, 2.24) is 5.32 Å². The largest absolute Gasteiger partial charge is 0.396 e. The van der Waals surface area contributed by atoms with Crippen molar-refractivity contribution in [3.8, 4) is 0 Å². The van der Waals surface area contributed by atoms with Crippen LogP contribution < -0.4 is 10.2 Å². The molecule has 0 aromatic heterocycles. The summed E-state index contributed by atoms with van der Waals surface area (Å²) in [4.78, 5) is 27.0. The molecule has 0 unspecified atom stereocenters. The minimum atomic E-state index is -0.302. The summed E-state index contributed by atoms with van der Waals surface area (Å²) < 4.78 is 0. The van der Waals surface area contributed by atoms with Gasteiger partial charge in [0.15, 0.2) is 0 Å². The third kappa shape index (κ3) is 5.50. The Balaban J connectivity index is 1.58. The first-order valence-electron chi connectivity index (χ1n) is 12.3. The number of rotatable bonds is 11. The van der Waals surface area contributed by atoms with E-state index in [0.29, 0.717) is 5.57 Å². The molecule has 2 amide bonds. The van der Waals surface area contributed by atoms with Gasteiger partial charge in [-0.1, -0.05) is 44.6 Å². The highest BCUT2D eigenvalue weighted by molar-refractivity contribution is 6.13. The molecule has 3 aliphatic rings. The third-order valence-electron chi connectivity index (χ3n) is 6.92. The zero-order chi connectivity index (χ0) is 22.5. The van der Waals surface area contributed by atoms with Gasteiger partial charge in [0.25, 0.3) is 5.91 Å². The molecular weight excluding hydrogens is 400 g/mol. The average Bonchev–Trinajstić information content (AvgIpc) is 3.60. The lowest BCUT2D eigenvalue weighted by Gasteiger charge is -2.34. The molecule has 5 nitrogen and oxygen atoms in total. The molecule has 0 bridgehead atoms. The number of aliphatic hydroxyl groups excluding tert-OH is 1. The van der Waals surface area contributed by atoms with Gasteiger partial charge >= 0.3 is 0 Å². The molecule has 0 atom stereocenters. The van der Waals surface area contributed by atoms with E-state index in [9.17, 15) is 9.59 Å². The van der Waals surface area contributed by atoms with Crippen molar-refractivity contribution >= 4 is 23.6 Å². The fourth-order valence-corrected chi connectivity index (χ4v) is 4.86. The number of anilines is 1. The van der Waals surface area contributed by atoms with Crippen LogP contribution in [0.1, 0.15) is 80.9 Å². The second-order valence-corrected chi connectivity index (χ2v) is 9.54. The number of fused-ring (bicyclic) bond motifs is 2. The Morgan fingerprint density at radius 3 is 2.62 bits per heavy atom. The summed E-state index contributed by atoms with van der Waals surface area (Å²) in [6.07, 6.45) is 15.6. The van der Waals surface area contributed by atoms with Gasteiger partial charge in [0, 0.05) is 25.3 Å². The Morgan fingerprint density at radius 1 is 1.06 bits per heavy atom. The number of unbranched alkanes of at least 4 members (excludes halogenated alkanes) is 4. The van der Waals surface area contributed by atoms with E-state index in [4.69, 9.17) is 5.11 Å². The molecule has 172 valence electrons. The number of carbonyl (C=O) groups is 2. The van der Waals surface area contributed by atoms with E-state index >= 15 is 0 Å². The van der Waals surface area contributed by atoms with Gasteiger partial charge in [-0.05, 0) is 73.4 Å². The van der Waals surface area contributed by atoms with Gasteiger partial charge in [-0.25, -0.2) is 0 Å². The summed E-state index contributed by atoms with van der Waals surface area (Å²) in [5.41, 5.74) is 6.34. The van der Waals surface area contributed by atoms with Gasteiger partial charge in [-0.2, -0.15) is 0 Å². The minimum absolute atomic E-state index is 0.223. The number of benzene rings is 1. The van der Waals surface area contributed by atoms with Crippen LogP contribution in [0.5, 0.6) is 0 Å². The summed E-state index contributed by atoms with van der Waals surface area (Å²) in [6.45, 7) is 3.24. The molecule has 1 aliphatic carbocycles. The predicted octanol–water partition coefficient (Wildman–Crippen LogP) is 4.80. The van der Waals surface area contributed by atoms with E-state index in [0.717, 1.165) is 67.9 Å². The molecular formula is C27H36N2O3. The Kier molecular flexibility index (Phi) is 7.46. The standard InChI is InChI=1S/C27H36N2O3/c1-19-16-22-17-23-24(12-13-26(31)28-27(23)32)29(14-5-3-2-4-6-15-30)25(22)18-21(19)9-7-8-20-10-11-20/h12,16-18,20,30H,2-11,13-15H2,1H3,(H,28,31,32). The molecule has 2 aliphatic heterocycles. The van der Waals surface area contributed by atoms with Gasteiger partial charge in [0.1, 0.15) is 0 Å². The van der Waals surface area contributed by atoms with E-state index < -0.39 is 0 Å². The molecule has 32 heavy (non-hydrogen) atoms. The second kappa shape index (κ2) is 10.5. The molecule has 1 fully saturated rings. The first kappa shape index (κ1) is 22.8. The summed E-state index contributed by atoms with van der Waals surface area (Å²) in [5, 5.41) is 11.5. The lowest BCUT2D eigenvalue weighted by Crippen LogP contribution is -2.34. The normalized spacial score (nSPS) is 17.9. The first-order chi connectivity index (χ1) is 15.6. The highest BCUT2D eigenvalue weighted by Gasteiger charge is 2.30. The Labute approximate surface area is 191 Å². The number of hydrogen-bond acceptors (Lipinski definition) is 4. The smallest absolute Gasteiger partial charge is 0.259 e. The van der Waals surface area contributed by atoms with Crippen molar-refractivity contribution in [2.75, 3.05) is 18.1 Å². The maximum Gasteiger partial charge on any atom is 0.259 e. The number of nitrogens with zero attached hydrogens (tertiary/aromatic N) is 1. The van der Waals surface area contributed by atoms with Gasteiger partial charge < -0.3 is 10.0 Å². The number of aryl methyl sites for hydroxylation is 2. The fraction of sp³-hybridized carbons (Fsp3) is 0.556. The van der Waals surface area contributed by atoms with Crippen LogP contribution in [0.4, 0.5) is 5.69 Å². The summed E-state index contributed by atoms with van der Waals surface area (Å²) in [6, 6.07) is 4.53. The molecule has 0 radical (unpaired) electrons. The Hall–Kier alpha value is -2.40. The van der Waals surface area contributed by atoms with Crippen LogP contribution in [0.2, 0.25) is 0 Å². The molecule has 1 aromatic rings. The van der Waals surface area contributed by atoms with Gasteiger partial charge in [0.2, 0.25) is 5.91 Å². The molecule has 4 rings (SSSR count). The maximum atomic E-state index is 12.7. The lowest BCUT2D eigenvalue weighted by molar-refractivity contribution is -0.127. The van der Waals surface area contributed by atoms with Crippen molar-refractivity contribution in [2.45, 2.75) is 77.6 Å². The highest BCUT2D eigenvalue weighted by Crippen LogP contribution is 2.39. The number of amides is 2. The highest BCUT2D eigenvalue weighted by atomic mass is 16.3. The Morgan fingerprint density at radius 2 is 1.84 bits per heavy atom. The van der Waals surface area contributed by atoms with E-state index in [2.05, 4.69) is 29.3 Å². The van der Waals surface area contributed by atoms with E-state index in [1.165, 1.54) is 36.8 Å². The monoisotopic (exact) mass is 436 g/mol. The average molecular weight is 437 g/mol. The van der Waals surface area contributed by atoms with E-state index in [1.807, 2.05) is 12.2 Å². The van der Waals surface area contributed by atoms with Crippen LogP contribution in [-0.2, 0) is 16.0 Å². The van der Waals surface area contributed by atoms with Gasteiger partial charge in [-0.3, -0.25) is 14.9 Å². The first-order valence-corrected chi connectivity index (χ1v) is 12.3. The summed E-state index contributed by atoms with van der Waals surface area (Å²) in [7, 11) is 0. The maximum absolute atomic E-state index is 12.7. The van der Waals surface area contributed by atoms with Crippen LogP contribution in [0, 0.1) is 12.8 Å². The second-order valence-electron chi connectivity index (χ2n) is 9.54. The number of imide groups is 1. The molecule has 0 spiro atoms. The van der Waals surface area contributed by atoms with Crippen LogP contribution >= 0.6 is 0 Å². The van der Waals surface area contributed by atoms with Crippen LogP contribution in [0.15, 0.2) is 29.5 Å². The van der Waals surface area contributed by atoms with Crippen LogP contribution in [0.3, 0.4) is 0 Å². The van der Waals surface area contributed by atoms with E-state index in [1.54, 1.807) is 0 Å². The van der Waals surface area contributed by atoms with Crippen molar-refractivity contribution < 1.29 is 14.7 Å². The lowest BCUT2D eigenvalue weighted by atomic mass is 9.92. The topological polar surface area (TPSA) is 69.6 Å². The van der Waals surface area contributed by atoms with Crippen molar-refractivity contribution in [1.29, 1.82) is 0 Å². The zero-order valence-corrected chi connectivity index (χ0v) is 19.3. The third-order valence-corrected chi connectivity index (χ3v) is 6.92. The van der Waals surface area contributed by atoms with Crippen LogP contribution in [0.25, 0.3) is 6.08 Å².